The maximum absolute atomic E-state index is 13.5. The van der Waals surface area contributed by atoms with E-state index in [-0.39, 0.29) is 16.6 Å². The van der Waals surface area contributed by atoms with Gasteiger partial charge in [0.15, 0.2) is 5.17 Å². The number of carbonyl (C=O) groups excluding carboxylic acids is 1. The third-order valence-corrected chi connectivity index (χ3v) is 8.01. The van der Waals surface area contributed by atoms with Gasteiger partial charge < -0.3 is 4.18 Å². The van der Waals surface area contributed by atoms with Gasteiger partial charge in [0.2, 0.25) is 0 Å². The van der Waals surface area contributed by atoms with Crippen LogP contribution in [0.2, 0.25) is 0 Å². The van der Waals surface area contributed by atoms with E-state index in [0.29, 0.717) is 28.7 Å². The van der Waals surface area contributed by atoms with Crippen molar-refractivity contribution in [2.45, 2.75) is 18.0 Å². The van der Waals surface area contributed by atoms with Crippen LogP contribution in [0.15, 0.2) is 130 Å². The van der Waals surface area contributed by atoms with E-state index in [1.165, 1.54) is 23.9 Å². The molecule has 0 N–H and O–H groups in total. The molecule has 0 saturated carbocycles. The number of thioether (sulfide) groups is 1. The van der Waals surface area contributed by atoms with Crippen molar-refractivity contribution in [2.24, 2.45) is 4.99 Å². The highest BCUT2D eigenvalue weighted by molar-refractivity contribution is 8.18. The Balaban J connectivity index is 1.41. The van der Waals surface area contributed by atoms with Crippen molar-refractivity contribution in [1.29, 1.82) is 0 Å². The Morgan fingerprint density at radius 3 is 2.11 bits per heavy atom. The summed E-state index contributed by atoms with van der Waals surface area (Å²) in [6.07, 6.45) is 1.73. The standard InChI is InChI=1S/C30H24N2O4S2/c33-29-28(20-25-15-10-16-26(19-25)36-38(34,35)27-17-8-3-9-18-27)37-30(31-21-23-11-4-1-5-12-23)32(29)22-24-13-6-2-7-14-24/h1-20H,21-22H2/b28-20-,31-30?. The molecule has 1 fully saturated rings. The SMILES string of the molecule is O=C1/C(=C/c2cccc(OS(=O)(=O)c3ccccc3)c2)SC(=NCc2ccccc2)N1Cc1ccccc1. The average Bonchev–Trinajstić information content (AvgIpc) is 3.22. The van der Waals surface area contributed by atoms with E-state index in [4.69, 9.17) is 9.18 Å². The molecule has 1 aliphatic heterocycles. The third-order valence-electron chi connectivity index (χ3n) is 5.70. The molecule has 0 aliphatic carbocycles. The molecule has 4 aromatic carbocycles. The molecule has 0 bridgehead atoms. The van der Waals surface area contributed by atoms with Crippen LogP contribution < -0.4 is 4.18 Å². The summed E-state index contributed by atoms with van der Waals surface area (Å²) in [6, 6.07) is 34.3. The van der Waals surface area contributed by atoms with E-state index in [1.807, 2.05) is 60.7 Å². The fourth-order valence-corrected chi connectivity index (χ4v) is 5.76. The molecule has 0 radical (unpaired) electrons. The predicted molar refractivity (Wildman–Crippen MR) is 151 cm³/mol. The number of benzene rings is 4. The van der Waals surface area contributed by atoms with Gasteiger partial charge in [-0.3, -0.25) is 14.7 Å². The van der Waals surface area contributed by atoms with Gasteiger partial charge in [0, 0.05) is 0 Å². The summed E-state index contributed by atoms with van der Waals surface area (Å²) in [6.45, 7) is 0.853. The van der Waals surface area contributed by atoms with Crippen LogP contribution in [-0.4, -0.2) is 24.4 Å². The summed E-state index contributed by atoms with van der Waals surface area (Å²) in [5.41, 5.74) is 2.69. The Morgan fingerprint density at radius 1 is 0.789 bits per heavy atom. The second kappa shape index (κ2) is 11.5. The zero-order valence-electron chi connectivity index (χ0n) is 20.3. The van der Waals surface area contributed by atoms with Crippen LogP contribution in [-0.2, 0) is 28.0 Å². The molecule has 0 spiro atoms. The van der Waals surface area contributed by atoms with E-state index < -0.39 is 10.1 Å². The van der Waals surface area contributed by atoms with Crippen LogP contribution in [0.3, 0.4) is 0 Å². The van der Waals surface area contributed by atoms with E-state index in [9.17, 15) is 13.2 Å². The average molecular weight is 541 g/mol. The van der Waals surface area contributed by atoms with Crippen LogP contribution in [0, 0.1) is 0 Å². The number of hydrogen-bond acceptors (Lipinski definition) is 6. The summed E-state index contributed by atoms with van der Waals surface area (Å²) < 4.78 is 30.6. The minimum atomic E-state index is -3.97. The van der Waals surface area contributed by atoms with Gasteiger partial charge in [-0.05, 0) is 58.8 Å². The Hall–Kier alpha value is -4.14. The second-order valence-electron chi connectivity index (χ2n) is 8.49. The molecule has 190 valence electrons. The van der Waals surface area contributed by atoms with Gasteiger partial charge in [-0.25, -0.2) is 0 Å². The number of amides is 1. The number of rotatable bonds is 8. The van der Waals surface area contributed by atoms with Gasteiger partial charge >= 0.3 is 10.1 Å². The van der Waals surface area contributed by atoms with Gasteiger partial charge in [0.25, 0.3) is 5.91 Å². The van der Waals surface area contributed by atoms with Crippen LogP contribution in [0.25, 0.3) is 6.08 Å². The lowest BCUT2D eigenvalue weighted by atomic mass is 10.2. The highest BCUT2D eigenvalue weighted by atomic mass is 32.2. The fourth-order valence-electron chi connectivity index (χ4n) is 3.84. The van der Waals surface area contributed by atoms with E-state index in [2.05, 4.69) is 0 Å². The van der Waals surface area contributed by atoms with E-state index >= 15 is 0 Å². The number of nitrogens with zero attached hydrogens (tertiary/aromatic N) is 2. The molecule has 5 rings (SSSR count). The molecule has 1 heterocycles. The molecule has 0 unspecified atom stereocenters. The van der Waals surface area contributed by atoms with Gasteiger partial charge in [-0.15, -0.1) is 0 Å². The lowest BCUT2D eigenvalue weighted by Gasteiger charge is -2.15. The molecule has 0 aromatic heterocycles. The topological polar surface area (TPSA) is 76.0 Å². The van der Waals surface area contributed by atoms with Crippen LogP contribution in [0.5, 0.6) is 5.75 Å². The molecule has 0 atom stereocenters. The lowest BCUT2D eigenvalue weighted by molar-refractivity contribution is -0.122. The summed E-state index contributed by atoms with van der Waals surface area (Å²) in [4.78, 5) is 20.5. The van der Waals surface area contributed by atoms with E-state index in [0.717, 1.165) is 11.1 Å². The van der Waals surface area contributed by atoms with Gasteiger partial charge in [0.1, 0.15) is 10.6 Å². The van der Waals surface area contributed by atoms with Gasteiger partial charge in [0.05, 0.1) is 18.0 Å². The number of hydrogen-bond donors (Lipinski definition) is 0. The maximum Gasteiger partial charge on any atom is 0.339 e. The summed E-state index contributed by atoms with van der Waals surface area (Å²) in [5, 5.41) is 0.619. The van der Waals surface area contributed by atoms with Crippen molar-refractivity contribution in [1.82, 2.24) is 4.90 Å². The van der Waals surface area contributed by atoms with E-state index in [1.54, 1.807) is 53.4 Å². The minimum absolute atomic E-state index is 0.0705. The van der Waals surface area contributed by atoms with Crippen molar-refractivity contribution in [3.63, 3.8) is 0 Å². The summed E-state index contributed by atoms with van der Waals surface area (Å²) in [5.74, 6) is 0.00616. The predicted octanol–water partition coefficient (Wildman–Crippen LogP) is 6.13. The fraction of sp³-hybridized carbons (Fsp3) is 0.0667. The first-order valence-corrected chi connectivity index (χ1v) is 14.1. The maximum atomic E-state index is 13.5. The Kier molecular flexibility index (Phi) is 7.72. The zero-order chi connectivity index (χ0) is 26.4. The third kappa shape index (κ3) is 6.22. The Morgan fingerprint density at radius 2 is 1.42 bits per heavy atom. The van der Waals surface area contributed by atoms with Crippen LogP contribution in [0.1, 0.15) is 16.7 Å². The first-order chi connectivity index (χ1) is 18.5. The molecular weight excluding hydrogens is 516 g/mol. The first kappa shape index (κ1) is 25.5. The quantitative estimate of drug-likeness (QED) is 0.199. The number of carbonyl (C=O) groups is 1. The monoisotopic (exact) mass is 540 g/mol. The van der Waals surface area contributed by atoms with Crippen LogP contribution in [0.4, 0.5) is 0 Å². The lowest BCUT2D eigenvalue weighted by Crippen LogP contribution is -2.28. The van der Waals surface area contributed by atoms with Crippen LogP contribution >= 0.6 is 11.8 Å². The van der Waals surface area contributed by atoms with Crippen molar-refractivity contribution in [2.75, 3.05) is 0 Å². The Bertz CT molecular complexity index is 1590. The molecule has 8 heteroatoms. The smallest absolute Gasteiger partial charge is 0.339 e. The van der Waals surface area contributed by atoms with Crippen molar-refractivity contribution < 1.29 is 17.4 Å². The molecule has 4 aromatic rings. The molecule has 1 aliphatic rings. The number of aliphatic imine (C=N–C) groups is 1. The molecule has 1 amide bonds. The summed E-state index contributed by atoms with van der Waals surface area (Å²) >= 11 is 1.30. The van der Waals surface area contributed by atoms with Crippen molar-refractivity contribution in [3.8, 4) is 5.75 Å². The van der Waals surface area contributed by atoms with Gasteiger partial charge in [-0.2, -0.15) is 8.42 Å². The minimum Gasteiger partial charge on any atom is -0.379 e. The molecule has 1 saturated heterocycles. The highest BCUT2D eigenvalue weighted by Gasteiger charge is 2.33. The summed E-state index contributed by atoms with van der Waals surface area (Å²) in [7, 11) is -3.97. The first-order valence-electron chi connectivity index (χ1n) is 11.9. The molecular formula is C30H24N2O4S2. The second-order valence-corrected chi connectivity index (χ2v) is 11.1. The zero-order valence-corrected chi connectivity index (χ0v) is 21.9. The molecule has 38 heavy (non-hydrogen) atoms. The molecule has 6 nitrogen and oxygen atoms in total. The largest absolute Gasteiger partial charge is 0.379 e. The Labute approximate surface area is 226 Å². The highest BCUT2D eigenvalue weighted by Crippen LogP contribution is 2.34. The van der Waals surface area contributed by atoms with Crippen molar-refractivity contribution in [3.05, 3.63) is 137 Å². The number of amidine groups is 1. The van der Waals surface area contributed by atoms with Gasteiger partial charge in [-0.1, -0.05) is 91.0 Å². The normalized spacial score (nSPS) is 15.8. The van der Waals surface area contributed by atoms with Crippen molar-refractivity contribution >= 4 is 39.0 Å².